The molecule has 1 aromatic heterocycles. The summed E-state index contributed by atoms with van der Waals surface area (Å²) >= 11 is 0. The van der Waals surface area contributed by atoms with Crippen molar-refractivity contribution < 1.29 is 4.79 Å². The van der Waals surface area contributed by atoms with Gasteiger partial charge in [0, 0.05) is 39.1 Å². The van der Waals surface area contributed by atoms with E-state index >= 15 is 0 Å². The van der Waals surface area contributed by atoms with Gasteiger partial charge in [-0.15, -0.1) is 0 Å². The van der Waals surface area contributed by atoms with E-state index in [-0.39, 0.29) is 12.1 Å². The minimum Gasteiger partial charge on any atom is -0.336 e. The monoisotopic (exact) mass is 383 g/mol. The molecule has 1 aromatic carbocycles. The Labute approximate surface area is 168 Å². The number of amides is 2. The average molecular weight is 384 g/mol. The molecule has 1 saturated heterocycles. The zero-order chi connectivity index (χ0) is 19.8. The lowest BCUT2D eigenvalue weighted by atomic mass is 10.0. The number of aryl methyl sites for hydroxylation is 1. The van der Waals surface area contributed by atoms with Crippen LogP contribution in [0.15, 0.2) is 42.7 Å². The predicted molar refractivity (Wildman–Crippen MR) is 112 cm³/mol. The summed E-state index contributed by atoms with van der Waals surface area (Å²) in [4.78, 5) is 21.2. The molecule has 6 heteroatoms. The molecule has 0 unspecified atom stereocenters. The third-order valence-corrected chi connectivity index (χ3v) is 5.66. The molecule has 1 aliphatic heterocycles. The number of hydrogen-bond acceptors (Lipinski definition) is 3. The molecule has 0 radical (unpaired) electrons. The Balaban J connectivity index is 1.57. The second-order valence-electron chi connectivity index (χ2n) is 7.65. The van der Waals surface area contributed by atoms with Gasteiger partial charge < -0.3 is 14.8 Å². The Kier molecular flexibility index (Phi) is 7.48. The molecule has 0 saturated carbocycles. The van der Waals surface area contributed by atoms with Gasteiger partial charge in [0.1, 0.15) is 5.82 Å². The number of imidazole rings is 1. The van der Waals surface area contributed by atoms with E-state index < -0.39 is 0 Å². The van der Waals surface area contributed by atoms with E-state index in [1.165, 1.54) is 31.2 Å². The van der Waals surface area contributed by atoms with E-state index in [4.69, 9.17) is 0 Å². The fraction of sp³-hybridized carbons (Fsp3) is 0.545. The van der Waals surface area contributed by atoms with E-state index in [1.807, 2.05) is 26.2 Å². The van der Waals surface area contributed by atoms with Gasteiger partial charge in [-0.05, 0) is 38.4 Å². The number of nitrogens with one attached hydrogen (secondary N) is 1. The number of aromatic nitrogens is 2. The number of urea groups is 1. The van der Waals surface area contributed by atoms with E-state index in [1.54, 1.807) is 11.1 Å². The number of rotatable bonds is 7. The quantitative estimate of drug-likeness (QED) is 0.797. The Morgan fingerprint density at radius 3 is 2.54 bits per heavy atom. The highest BCUT2D eigenvalue weighted by molar-refractivity contribution is 5.73. The molecule has 6 nitrogen and oxygen atoms in total. The first-order valence-corrected chi connectivity index (χ1v) is 10.4. The number of nitrogens with zero attached hydrogens (tertiary/aromatic N) is 4. The van der Waals surface area contributed by atoms with Crippen LogP contribution >= 0.6 is 0 Å². The standard InChI is InChI=1S/C22H33N5O/c1-19-23-12-15-26(19)17-16-25(2)22(28)24-18-21(20-10-6-5-7-11-20)27-13-8-3-4-9-14-27/h5-7,10-12,15,21H,3-4,8-9,13-14,16-18H2,1-2H3,(H,24,28)/t21-/m0/s1. The first kappa shape index (κ1) is 20.4. The predicted octanol–water partition coefficient (Wildman–Crippen LogP) is 3.45. The summed E-state index contributed by atoms with van der Waals surface area (Å²) < 4.78 is 2.06. The lowest BCUT2D eigenvalue weighted by Crippen LogP contribution is -2.44. The van der Waals surface area contributed by atoms with E-state index in [0.717, 1.165) is 25.5 Å². The van der Waals surface area contributed by atoms with Crippen LogP contribution in [0.2, 0.25) is 0 Å². The van der Waals surface area contributed by atoms with Crippen LogP contribution < -0.4 is 5.32 Å². The van der Waals surface area contributed by atoms with Crippen molar-refractivity contribution in [2.45, 2.75) is 45.2 Å². The molecule has 28 heavy (non-hydrogen) atoms. The van der Waals surface area contributed by atoms with Crippen molar-refractivity contribution in [1.82, 2.24) is 24.7 Å². The maximum absolute atomic E-state index is 12.6. The zero-order valence-electron chi connectivity index (χ0n) is 17.2. The normalized spacial score (nSPS) is 16.4. The molecule has 2 amide bonds. The molecule has 2 heterocycles. The number of likely N-dealkylation sites (N-methyl/N-ethyl adjacent to an activating group) is 1. The van der Waals surface area contributed by atoms with Crippen molar-refractivity contribution in [1.29, 1.82) is 0 Å². The molecule has 0 spiro atoms. The maximum atomic E-state index is 12.6. The highest BCUT2D eigenvalue weighted by Crippen LogP contribution is 2.23. The van der Waals surface area contributed by atoms with Crippen LogP contribution in [0.5, 0.6) is 0 Å². The highest BCUT2D eigenvalue weighted by Gasteiger charge is 2.22. The van der Waals surface area contributed by atoms with Crippen molar-refractivity contribution in [2.75, 3.05) is 33.2 Å². The fourth-order valence-electron chi connectivity index (χ4n) is 3.86. The van der Waals surface area contributed by atoms with Crippen molar-refractivity contribution in [3.63, 3.8) is 0 Å². The van der Waals surface area contributed by atoms with E-state index in [9.17, 15) is 4.79 Å². The molecule has 1 atom stereocenters. The summed E-state index contributed by atoms with van der Waals surface area (Å²) in [6, 6.07) is 10.8. The molecule has 152 valence electrons. The lowest BCUT2D eigenvalue weighted by Gasteiger charge is -2.32. The topological polar surface area (TPSA) is 53.4 Å². The Morgan fingerprint density at radius 2 is 1.89 bits per heavy atom. The van der Waals surface area contributed by atoms with Gasteiger partial charge in [-0.3, -0.25) is 4.90 Å². The molecular weight excluding hydrogens is 350 g/mol. The van der Waals surface area contributed by atoms with Gasteiger partial charge >= 0.3 is 6.03 Å². The smallest absolute Gasteiger partial charge is 0.317 e. The van der Waals surface area contributed by atoms with Gasteiger partial charge in [-0.2, -0.15) is 0 Å². The van der Waals surface area contributed by atoms with Gasteiger partial charge in [-0.25, -0.2) is 9.78 Å². The van der Waals surface area contributed by atoms with Gasteiger partial charge in [-0.1, -0.05) is 43.2 Å². The number of likely N-dealkylation sites (tertiary alicyclic amines) is 1. The van der Waals surface area contributed by atoms with Crippen molar-refractivity contribution in [2.24, 2.45) is 0 Å². The molecule has 0 aliphatic carbocycles. The number of carbonyl (C=O) groups is 1. The molecule has 0 bridgehead atoms. The van der Waals surface area contributed by atoms with Crippen LogP contribution in [0.25, 0.3) is 0 Å². The third-order valence-electron chi connectivity index (χ3n) is 5.66. The SMILES string of the molecule is Cc1nccn1CCN(C)C(=O)NC[C@@H](c1ccccc1)N1CCCCCC1. The Hall–Kier alpha value is -2.34. The zero-order valence-corrected chi connectivity index (χ0v) is 17.2. The Bertz CT molecular complexity index is 722. The summed E-state index contributed by atoms with van der Waals surface area (Å²) in [5.74, 6) is 0.971. The summed E-state index contributed by atoms with van der Waals surface area (Å²) in [6.45, 7) is 6.23. The minimum atomic E-state index is -0.0199. The van der Waals surface area contributed by atoms with Gasteiger partial charge in [0.05, 0.1) is 6.04 Å². The first-order chi connectivity index (χ1) is 13.6. The van der Waals surface area contributed by atoms with Crippen LogP contribution in [0.1, 0.15) is 43.1 Å². The Morgan fingerprint density at radius 1 is 1.18 bits per heavy atom. The number of carbonyl (C=O) groups excluding carboxylic acids is 1. The number of benzene rings is 1. The lowest BCUT2D eigenvalue weighted by molar-refractivity contribution is 0.183. The molecular formula is C22H33N5O. The van der Waals surface area contributed by atoms with Crippen molar-refractivity contribution >= 4 is 6.03 Å². The van der Waals surface area contributed by atoms with Crippen LogP contribution in [-0.2, 0) is 6.54 Å². The van der Waals surface area contributed by atoms with Crippen LogP contribution in [-0.4, -0.2) is 58.6 Å². The van der Waals surface area contributed by atoms with Crippen LogP contribution in [0.3, 0.4) is 0 Å². The van der Waals surface area contributed by atoms with Gasteiger partial charge in [0.15, 0.2) is 0 Å². The van der Waals surface area contributed by atoms with Gasteiger partial charge in [0.25, 0.3) is 0 Å². The fourth-order valence-corrected chi connectivity index (χ4v) is 3.86. The minimum absolute atomic E-state index is 0.0199. The van der Waals surface area contributed by atoms with Crippen LogP contribution in [0.4, 0.5) is 4.79 Å². The number of hydrogen-bond donors (Lipinski definition) is 1. The highest BCUT2D eigenvalue weighted by atomic mass is 16.2. The largest absolute Gasteiger partial charge is 0.336 e. The van der Waals surface area contributed by atoms with Gasteiger partial charge in [0.2, 0.25) is 0 Å². The van der Waals surface area contributed by atoms with Crippen molar-refractivity contribution in [3.05, 3.63) is 54.1 Å². The molecule has 1 aliphatic rings. The average Bonchev–Trinajstić information content (AvgIpc) is 2.95. The summed E-state index contributed by atoms with van der Waals surface area (Å²) in [7, 11) is 1.85. The maximum Gasteiger partial charge on any atom is 0.317 e. The summed E-state index contributed by atoms with van der Waals surface area (Å²) in [5.41, 5.74) is 1.28. The molecule has 1 fully saturated rings. The van der Waals surface area contributed by atoms with Crippen LogP contribution in [0, 0.1) is 6.92 Å². The molecule has 3 rings (SSSR count). The van der Waals surface area contributed by atoms with E-state index in [0.29, 0.717) is 13.1 Å². The second kappa shape index (κ2) is 10.3. The third kappa shape index (κ3) is 5.58. The van der Waals surface area contributed by atoms with Crippen molar-refractivity contribution in [3.8, 4) is 0 Å². The van der Waals surface area contributed by atoms with E-state index in [2.05, 4.69) is 44.0 Å². The summed E-state index contributed by atoms with van der Waals surface area (Å²) in [6.07, 6.45) is 8.83. The summed E-state index contributed by atoms with van der Waals surface area (Å²) in [5, 5.41) is 3.16. The second-order valence-corrected chi connectivity index (χ2v) is 7.65. The molecule has 1 N–H and O–H groups in total. The first-order valence-electron chi connectivity index (χ1n) is 10.4. The molecule has 2 aromatic rings.